The topological polar surface area (TPSA) is 87.5 Å². The van der Waals surface area contributed by atoms with Crippen LogP contribution < -0.4 is 5.32 Å². The summed E-state index contributed by atoms with van der Waals surface area (Å²) in [5.41, 5.74) is 0.591. The van der Waals surface area contributed by atoms with Crippen molar-refractivity contribution in [2.24, 2.45) is 11.8 Å². The van der Waals surface area contributed by atoms with E-state index in [0.717, 1.165) is 31.4 Å². The van der Waals surface area contributed by atoms with Gasteiger partial charge in [-0.3, -0.25) is 9.69 Å². The van der Waals surface area contributed by atoms with Crippen LogP contribution in [0.5, 0.6) is 0 Å². The van der Waals surface area contributed by atoms with E-state index >= 15 is 0 Å². The van der Waals surface area contributed by atoms with Gasteiger partial charge in [0.05, 0.1) is 6.04 Å². The normalized spacial score (nSPS) is 22.1. The Labute approximate surface area is 167 Å². The molecule has 0 saturated heterocycles. The number of carbonyl (C=O) groups excluding carboxylic acids is 1. The van der Waals surface area contributed by atoms with Crippen LogP contribution in [0.1, 0.15) is 61.4 Å². The second-order valence-corrected chi connectivity index (χ2v) is 8.10. The second kappa shape index (κ2) is 8.73. The molecule has 0 spiro atoms. The molecule has 1 atom stereocenters. The first-order valence-corrected chi connectivity index (χ1v) is 10.0. The third-order valence-electron chi connectivity index (χ3n) is 5.80. The molecule has 4 rings (SSSR count). The van der Waals surface area contributed by atoms with Gasteiger partial charge in [-0.2, -0.15) is 13.2 Å². The molecule has 3 aliphatic rings. The van der Waals surface area contributed by atoms with Gasteiger partial charge in [-0.15, -0.1) is 0 Å². The molecule has 2 N–H and O–H groups in total. The number of halogens is 3. The first-order chi connectivity index (χ1) is 13.6. The fraction of sp³-hybridized carbons (Fsp3) is 0.737. The average Bonchev–Trinajstić information content (AvgIpc) is 3.34. The SMILES string of the molecule is CC1c2nc(C(=O)NCC3CC3)cn2CCN1CC1CCC1.O=C(O)C(F)(F)F. The minimum atomic E-state index is -5.08. The molecular formula is C19H27F3N4O3. The third-order valence-corrected chi connectivity index (χ3v) is 5.80. The number of alkyl halides is 3. The molecular weight excluding hydrogens is 389 g/mol. The monoisotopic (exact) mass is 416 g/mol. The van der Waals surface area contributed by atoms with E-state index in [4.69, 9.17) is 9.90 Å². The summed E-state index contributed by atoms with van der Waals surface area (Å²) in [5.74, 6) is -0.121. The molecule has 1 amide bonds. The molecule has 0 radical (unpaired) electrons. The van der Waals surface area contributed by atoms with Crippen LogP contribution >= 0.6 is 0 Å². The highest BCUT2D eigenvalue weighted by Crippen LogP contribution is 2.32. The van der Waals surface area contributed by atoms with Gasteiger partial charge in [-0.1, -0.05) is 6.42 Å². The number of imidazole rings is 1. The molecule has 1 aromatic heterocycles. The molecule has 1 aliphatic heterocycles. The lowest BCUT2D eigenvalue weighted by Crippen LogP contribution is -2.41. The molecule has 2 aliphatic carbocycles. The van der Waals surface area contributed by atoms with Crippen molar-refractivity contribution in [2.45, 2.75) is 57.8 Å². The number of nitrogens with one attached hydrogen (secondary N) is 1. The first-order valence-electron chi connectivity index (χ1n) is 10.0. The minimum absolute atomic E-state index is 0.00783. The molecule has 1 aromatic rings. The van der Waals surface area contributed by atoms with Gasteiger partial charge in [0.25, 0.3) is 5.91 Å². The number of nitrogens with zero attached hydrogens (tertiary/aromatic N) is 3. The summed E-state index contributed by atoms with van der Waals surface area (Å²) in [7, 11) is 0. The predicted molar refractivity (Wildman–Crippen MR) is 98.3 cm³/mol. The van der Waals surface area contributed by atoms with Crippen LogP contribution in [-0.4, -0.2) is 57.2 Å². The maximum Gasteiger partial charge on any atom is 0.490 e. The number of rotatable bonds is 5. The summed E-state index contributed by atoms with van der Waals surface area (Å²) in [6, 6.07) is 0.319. The van der Waals surface area contributed by atoms with E-state index in [0.29, 0.717) is 17.7 Å². The quantitative estimate of drug-likeness (QED) is 0.771. The van der Waals surface area contributed by atoms with Gasteiger partial charge in [-0.05, 0) is 44.4 Å². The van der Waals surface area contributed by atoms with Crippen molar-refractivity contribution in [1.82, 2.24) is 19.8 Å². The number of amides is 1. The lowest BCUT2D eigenvalue weighted by molar-refractivity contribution is -0.192. The highest BCUT2D eigenvalue weighted by atomic mass is 19.4. The largest absolute Gasteiger partial charge is 0.490 e. The van der Waals surface area contributed by atoms with Crippen molar-refractivity contribution < 1.29 is 27.9 Å². The van der Waals surface area contributed by atoms with Gasteiger partial charge >= 0.3 is 12.1 Å². The Morgan fingerprint density at radius 3 is 2.38 bits per heavy atom. The molecule has 10 heteroatoms. The summed E-state index contributed by atoms with van der Waals surface area (Å²) >= 11 is 0. The van der Waals surface area contributed by atoms with E-state index in [9.17, 15) is 18.0 Å². The van der Waals surface area contributed by atoms with Crippen molar-refractivity contribution in [2.75, 3.05) is 19.6 Å². The Balaban J connectivity index is 0.000000298. The highest BCUT2D eigenvalue weighted by molar-refractivity contribution is 5.92. The van der Waals surface area contributed by atoms with Crippen molar-refractivity contribution in [3.8, 4) is 0 Å². The van der Waals surface area contributed by atoms with Crippen LogP contribution in [0.2, 0.25) is 0 Å². The van der Waals surface area contributed by atoms with Crippen LogP contribution in [0.15, 0.2) is 6.20 Å². The average molecular weight is 416 g/mol. The van der Waals surface area contributed by atoms with E-state index in [-0.39, 0.29) is 5.91 Å². The number of fused-ring (bicyclic) bond motifs is 1. The number of aliphatic carboxylic acids is 1. The lowest BCUT2D eigenvalue weighted by Gasteiger charge is -2.38. The van der Waals surface area contributed by atoms with Gasteiger partial charge in [0.15, 0.2) is 0 Å². The summed E-state index contributed by atoms with van der Waals surface area (Å²) in [4.78, 5) is 28.3. The Kier molecular flexibility index (Phi) is 6.50. The van der Waals surface area contributed by atoms with E-state index in [1.54, 1.807) is 0 Å². The number of carbonyl (C=O) groups is 2. The molecule has 0 aromatic carbocycles. The van der Waals surface area contributed by atoms with Gasteiger partial charge in [0.2, 0.25) is 0 Å². The van der Waals surface area contributed by atoms with Crippen LogP contribution in [-0.2, 0) is 11.3 Å². The van der Waals surface area contributed by atoms with Gasteiger partial charge in [0.1, 0.15) is 11.5 Å². The van der Waals surface area contributed by atoms with Gasteiger partial charge < -0.3 is 15.0 Å². The summed E-state index contributed by atoms with van der Waals surface area (Å²) in [6.45, 7) is 6.25. The zero-order valence-electron chi connectivity index (χ0n) is 16.4. The van der Waals surface area contributed by atoms with E-state index in [1.165, 1.54) is 38.6 Å². The van der Waals surface area contributed by atoms with Crippen LogP contribution in [0.3, 0.4) is 0 Å². The van der Waals surface area contributed by atoms with Gasteiger partial charge in [0, 0.05) is 32.4 Å². The molecule has 162 valence electrons. The summed E-state index contributed by atoms with van der Waals surface area (Å²) in [6.07, 6.45) is 3.53. The van der Waals surface area contributed by atoms with Crippen molar-refractivity contribution in [3.63, 3.8) is 0 Å². The van der Waals surface area contributed by atoms with E-state index < -0.39 is 12.1 Å². The maximum atomic E-state index is 12.2. The number of hydrogen-bond acceptors (Lipinski definition) is 4. The molecule has 0 bridgehead atoms. The fourth-order valence-electron chi connectivity index (χ4n) is 3.55. The number of carboxylic acids is 1. The molecule has 2 heterocycles. The van der Waals surface area contributed by atoms with Gasteiger partial charge in [-0.25, -0.2) is 9.78 Å². The standard InChI is InChI=1S/C17H26N4O.C2HF3O2/c1-12-16-19-15(17(22)18-9-13-5-6-13)11-21(16)8-7-20(12)10-14-3-2-4-14;3-2(4,5)1(6)7/h11-14H,2-10H2,1H3,(H,18,22);(H,6,7). The molecule has 1 unspecified atom stereocenters. The van der Waals surface area contributed by atoms with Crippen molar-refractivity contribution >= 4 is 11.9 Å². The molecule has 7 nitrogen and oxygen atoms in total. The zero-order valence-corrected chi connectivity index (χ0v) is 16.4. The fourth-order valence-corrected chi connectivity index (χ4v) is 3.55. The van der Waals surface area contributed by atoms with E-state index in [1.807, 2.05) is 6.20 Å². The van der Waals surface area contributed by atoms with Crippen LogP contribution in [0.25, 0.3) is 0 Å². The molecule has 2 saturated carbocycles. The second-order valence-electron chi connectivity index (χ2n) is 8.10. The zero-order chi connectivity index (χ0) is 21.2. The summed E-state index contributed by atoms with van der Waals surface area (Å²) < 4.78 is 33.9. The lowest BCUT2D eigenvalue weighted by atomic mass is 9.84. The Bertz CT molecular complexity index is 742. The smallest absolute Gasteiger partial charge is 0.475 e. The van der Waals surface area contributed by atoms with Crippen molar-refractivity contribution in [3.05, 3.63) is 17.7 Å². The van der Waals surface area contributed by atoms with Crippen LogP contribution in [0, 0.1) is 11.8 Å². The number of hydrogen-bond donors (Lipinski definition) is 2. The van der Waals surface area contributed by atoms with Crippen LogP contribution in [0.4, 0.5) is 13.2 Å². The Hall–Kier alpha value is -2.10. The Morgan fingerprint density at radius 1 is 1.21 bits per heavy atom. The highest BCUT2D eigenvalue weighted by Gasteiger charge is 2.38. The summed E-state index contributed by atoms with van der Waals surface area (Å²) in [5, 5.41) is 10.1. The number of carboxylic acid groups (broad SMARTS) is 1. The maximum absolute atomic E-state index is 12.2. The third kappa shape index (κ3) is 5.71. The van der Waals surface area contributed by atoms with Crippen molar-refractivity contribution in [1.29, 1.82) is 0 Å². The molecule has 29 heavy (non-hydrogen) atoms. The Morgan fingerprint density at radius 2 is 1.86 bits per heavy atom. The molecule has 2 fully saturated rings. The van der Waals surface area contributed by atoms with E-state index in [2.05, 4.69) is 26.7 Å². The predicted octanol–water partition coefficient (Wildman–Crippen LogP) is 2.83. The number of aromatic nitrogens is 2. The first kappa shape index (κ1) is 21.6. The minimum Gasteiger partial charge on any atom is -0.475 e.